The highest BCUT2D eigenvalue weighted by Crippen LogP contribution is 2.10. The Hall–Kier alpha value is -0.940. The quantitative estimate of drug-likeness (QED) is 0.656. The molecule has 0 amide bonds. The second kappa shape index (κ2) is 5.72. The molecule has 0 unspecified atom stereocenters. The predicted octanol–water partition coefficient (Wildman–Crippen LogP) is 1.38. The number of hydrogen-bond donors (Lipinski definition) is 1. The zero-order valence-corrected chi connectivity index (χ0v) is 9.03. The molecular formula is C9H10BrNO3. The molecule has 1 aromatic heterocycles. The van der Waals surface area contributed by atoms with Crippen LogP contribution >= 0.6 is 15.9 Å². The fourth-order valence-electron chi connectivity index (χ4n) is 0.836. The predicted molar refractivity (Wildman–Crippen MR) is 53.9 cm³/mol. The first-order chi connectivity index (χ1) is 6.74. The van der Waals surface area contributed by atoms with Crippen LogP contribution in [0.15, 0.2) is 22.9 Å². The van der Waals surface area contributed by atoms with Crippen LogP contribution in [-0.4, -0.2) is 29.3 Å². The molecular weight excluding hydrogens is 250 g/mol. The van der Waals surface area contributed by atoms with Crippen LogP contribution in [0.1, 0.15) is 16.8 Å². The molecule has 0 aliphatic carbocycles. The Kier molecular flexibility index (Phi) is 4.55. The lowest BCUT2D eigenvalue weighted by molar-refractivity contribution is 0.0481. The number of pyridine rings is 1. The number of halogens is 1. The molecule has 0 saturated carbocycles. The number of aliphatic hydroxyl groups is 1. The molecule has 5 heteroatoms. The van der Waals surface area contributed by atoms with Crippen molar-refractivity contribution in [3.8, 4) is 0 Å². The van der Waals surface area contributed by atoms with Crippen molar-refractivity contribution >= 4 is 21.9 Å². The average molecular weight is 260 g/mol. The van der Waals surface area contributed by atoms with Gasteiger partial charge in [-0.2, -0.15) is 0 Å². The van der Waals surface area contributed by atoms with E-state index in [0.29, 0.717) is 12.0 Å². The lowest BCUT2D eigenvalue weighted by atomic mass is 10.3. The van der Waals surface area contributed by atoms with E-state index in [-0.39, 0.29) is 13.2 Å². The third-order valence-corrected chi connectivity index (χ3v) is 1.91. The summed E-state index contributed by atoms with van der Waals surface area (Å²) in [6.07, 6.45) is 3.48. The maximum absolute atomic E-state index is 11.3. The lowest BCUT2D eigenvalue weighted by Crippen LogP contribution is -2.07. The molecule has 0 spiro atoms. The van der Waals surface area contributed by atoms with Crippen molar-refractivity contribution in [2.75, 3.05) is 13.2 Å². The van der Waals surface area contributed by atoms with E-state index in [2.05, 4.69) is 20.9 Å². The van der Waals surface area contributed by atoms with Crippen LogP contribution in [0.5, 0.6) is 0 Å². The molecule has 0 radical (unpaired) electrons. The van der Waals surface area contributed by atoms with Crippen molar-refractivity contribution in [3.63, 3.8) is 0 Å². The van der Waals surface area contributed by atoms with Crippen LogP contribution in [-0.2, 0) is 4.74 Å². The van der Waals surface area contributed by atoms with Crippen molar-refractivity contribution < 1.29 is 14.6 Å². The summed E-state index contributed by atoms with van der Waals surface area (Å²) in [5.74, 6) is -0.424. The van der Waals surface area contributed by atoms with Gasteiger partial charge in [-0.05, 0) is 22.0 Å². The summed E-state index contributed by atoms with van der Waals surface area (Å²) in [6, 6.07) is 1.63. The van der Waals surface area contributed by atoms with Gasteiger partial charge in [0.1, 0.15) is 0 Å². The second-order valence-electron chi connectivity index (χ2n) is 2.60. The van der Waals surface area contributed by atoms with Gasteiger partial charge in [0.15, 0.2) is 0 Å². The number of carbonyl (C=O) groups is 1. The fraction of sp³-hybridized carbons (Fsp3) is 0.333. The number of aliphatic hydroxyl groups excluding tert-OH is 1. The average Bonchev–Trinajstić information content (AvgIpc) is 2.18. The summed E-state index contributed by atoms with van der Waals surface area (Å²) in [5, 5.41) is 8.48. The van der Waals surface area contributed by atoms with Gasteiger partial charge < -0.3 is 9.84 Å². The molecule has 14 heavy (non-hydrogen) atoms. The maximum atomic E-state index is 11.3. The van der Waals surface area contributed by atoms with E-state index in [1.165, 1.54) is 6.20 Å². The highest BCUT2D eigenvalue weighted by atomic mass is 79.9. The molecule has 1 heterocycles. The normalized spacial score (nSPS) is 9.86. The van der Waals surface area contributed by atoms with Crippen LogP contribution in [0.4, 0.5) is 0 Å². The van der Waals surface area contributed by atoms with E-state index in [4.69, 9.17) is 9.84 Å². The molecule has 4 nitrogen and oxygen atoms in total. The molecule has 0 fully saturated rings. The Balaban J connectivity index is 2.52. The van der Waals surface area contributed by atoms with Gasteiger partial charge in [-0.25, -0.2) is 4.79 Å². The molecule has 0 saturated heterocycles. The monoisotopic (exact) mass is 259 g/mol. The molecule has 1 rings (SSSR count). The van der Waals surface area contributed by atoms with E-state index in [1.807, 2.05) is 0 Å². The van der Waals surface area contributed by atoms with Gasteiger partial charge >= 0.3 is 5.97 Å². The summed E-state index contributed by atoms with van der Waals surface area (Å²) in [6.45, 7) is 0.242. The minimum absolute atomic E-state index is 0.0179. The molecule has 0 atom stereocenters. The SMILES string of the molecule is O=C(OCCCO)c1cncc(Br)c1. The van der Waals surface area contributed by atoms with Gasteiger partial charge in [-0.1, -0.05) is 0 Å². The maximum Gasteiger partial charge on any atom is 0.339 e. The van der Waals surface area contributed by atoms with Gasteiger partial charge in [-0.15, -0.1) is 0 Å². The Morgan fingerprint density at radius 3 is 3.00 bits per heavy atom. The smallest absolute Gasteiger partial charge is 0.339 e. The van der Waals surface area contributed by atoms with Crippen LogP contribution in [0, 0.1) is 0 Å². The highest BCUT2D eigenvalue weighted by molar-refractivity contribution is 9.10. The number of rotatable bonds is 4. The molecule has 1 N–H and O–H groups in total. The largest absolute Gasteiger partial charge is 0.462 e. The minimum Gasteiger partial charge on any atom is -0.462 e. The first kappa shape index (κ1) is 11.1. The number of nitrogens with zero attached hydrogens (tertiary/aromatic N) is 1. The topological polar surface area (TPSA) is 59.4 Å². The van der Waals surface area contributed by atoms with Crippen molar-refractivity contribution in [2.45, 2.75) is 6.42 Å². The standard InChI is InChI=1S/C9H10BrNO3/c10-8-4-7(5-11-6-8)9(13)14-3-1-2-12/h4-6,12H,1-3H2. The minimum atomic E-state index is -0.424. The summed E-state index contributed by atoms with van der Waals surface area (Å²) >= 11 is 3.20. The molecule has 76 valence electrons. The third kappa shape index (κ3) is 3.43. The number of esters is 1. The summed E-state index contributed by atoms with van der Waals surface area (Å²) in [7, 11) is 0. The molecule has 0 bridgehead atoms. The van der Waals surface area contributed by atoms with E-state index < -0.39 is 5.97 Å². The lowest BCUT2D eigenvalue weighted by Gasteiger charge is -2.02. The fourth-order valence-corrected chi connectivity index (χ4v) is 1.20. The first-order valence-electron chi connectivity index (χ1n) is 4.12. The van der Waals surface area contributed by atoms with Crippen molar-refractivity contribution in [1.82, 2.24) is 4.98 Å². The van der Waals surface area contributed by atoms with Crippen molar-refractivity contribution in [1.29, 1.82) is 0 Å². The van der Waals surface area contributed by atoms with Crippen LogP contribution in [0.2, 0.25) is 0 Å². The van der Waals surface area contributed by atoms with E-state index in [0.717, 1.165) is 4.47 Å². The molecule has 0 aromatic carbocycles. The highest BCUT2D eigenvalue weighted by Gasteiger charge is 2.06. The number of hydrogen-bond acceptors (Lipinski definition) is 4. The summed E-state index contributed by atoms with van der Waals surface area (Å²) in [4.78, 5) is 15.1. The Labute approximate surface area is 90.0 Å². The van der Waals surface area contributed by atoms with Crippen LogP contribution in [0.3, 0.4) is 0 Å². The molecule has 1 aromatic rings. The van der Waals surface area contributed by atoms with E-state index in [1.54, 1.807) is 12.3 Å². The third-order valence-electron chi connectivity index (χ3n) is 1.48. The molecule has 0 aliphatic rings. The Morgan fingerprint density at radius 2 is 2.36 bits per heavy atom. The Morgan fingerprint density at radius 1 is 1.57 bits per heavy atom. The molecule has 0 aliphatic heterocycles. The van der Waals surface area contributed by atoms with Gasteiger partial charge in [0.05, 0.1) is 12.2 Å². The second-order valence-corrected chi connectivity index (χ2v) is 3.52. The zero-order valence-electron chi connectivity index (χ0n) is 7.44. The zero-order chi connectivity index (χ0) is 10.4. The van der Waals surface area contributed by atoms with E-state index in [9.17, 15) is 4.79 Å². The Bertz CT molecular complexity index is 317. The number of carbonyl (C=O) groups excluding carboxylic acids is 1. The van der Waals surface area contributed by atoms with Crippen LogP contribution in [0.25, 0.3) is 0 Å². The van der Waals surface area contributed by atoms with Gasteiger partial charge in [0, 0.05) is 29.9 Å². The van der Waals surface area contributed by atoms with Gasteiger partial charge in [0.25, 0.3) is 0 Å². The first-order valence-corrected chi connectivity index (χ1v) is 4.92. The number of ether oxygens (including phenoxy) is 1. The number of aromatic nitrogens is 1. The van der Waals surface area contributed by atoms with Crippen LogP contribution < -0.4 is 0 Å². The van der Waals surface area contributed by atoms with Gasteiger partial charge in [-0.3, -0.25) is 4.98 Å². The van der Waals surface area contributed by atoms with Crippen molar-refractivity contribution in [3.05, 3.63) is 28.5 Å². The van der Waals surface area contributed by atoms with Gasteiger partial charge in [0.2, 0.25) is 0 Å². The van der Waals surface area contributed by atoms with Crippen molar-refractivity contribution in [2.24, 2.45) is 0 Å². The summed E-state index contributed by atoms with van der Waals surface area (Å²) < 4.78 is 5.59. The van der Waals surface area contributed by atoms with E-state index >= 15 is 0 Å². The summed E-state index contributed by atoms with van der Waals surface area (Å²) in [5.41, 5.74) is 0.400.